The van der Waals surface area contributed by atoms with Crippen molar-refractivity contribution in [1.82, 2.24) is 0 Å². The fourth-order valence-corrected chi connectivity index (χ4v) is 4.26. The Morgan fingerprint density at radius 3 is 1.97 bits per heavy atom. The van der Waals surface area contributed by atoms with Gasteiger partial charge in [-0.2, -0.15) is 0 Å². The molecule has 3 aromatic rings. The van der Waals surface area contributed by atoms with Crippen molar-refractivity contribution in [3.8, 4) is 0 Å². The van der Waals surface area contributed by atoms with Gasteiger partial charge >= 0.3 is 5.97 Å². The molecule has 0 aliphatic carbocycles. The Balaban J connectivity index is 1.79. The first-order valence-electron chi connectivity index (χ1n) is 9.26. The van der Waals surface area contributed by atoms with Gasteiger partial charge in [0.05, 0.1) is 22.7 Å². The topological polar surface area (TPSA) is 63.7 Å². The van der Waals surface area contributed by atoms with E-state index in [4.69, 9.17) is 4.74 Å². The van der Waals surface area contributed by atoms with E-state index in [0.717, 1.165) is 11.1 Å². The monoisotopic (exact) mass is 409 g/mol. The number of hydrogen-bond acceptors (Lipinski definition) is 4. The molecular weight excluding hydrogens is 386 g/mol. The third-order valence-electron chi connectivity index (χ3n) is 4.47. The fourth-order valence-electron chi connectivity index (χ4n) is 2.81. The van der Waals surface area contributed by atoms with Crippen LogP contribution in [0.25, 0.3) is 0 Å². The Morgan fingerprint density at radius 2 is 1.38 bits per heavy atom. The molecule has 0 aromatic heterocycles. The number of esters is 1. The molecule has 3 aromatic carbocycles. The second kappa shape index (κ2) is 8.92. The van der Waals surface area contributed by atoms with E-state index in [2.05, 4.69) is 0 Å². The molecule has 29 heavy (non-hydrogen) atoms. The van der Waals surface area contributed by atoms with Gasteiger partial charge in [0.15, 0.2) is 0 Å². The van der Waals surface area contributed by atoms with Gasteiger partial charge < -0.3 is 4.74 Å². The number of carbonyl (C=O) groups excluding carboxylic acids is 1. The molecule has 0 heterocycles. The van der Waals surface area contributed by atoms with Gasteiger partial charge in [-0.3, -0.25) is 4.31 Å². The summed E-state index contributed by atoms with van der Waals surface area (Å²) < 4.78 is 33.0. The van der Waals surface area contributed by atoms with Gasteiger partial charge in [0, 0.05) is 0 Å². The van der Waals surface area contributed by atoms with Gasteiger partial charge in [0.2, 0.25) is 0 Å². The third-order valence-corrected chi connectivity index (χ3v) is 6.31. The summed E-state index contributed by atoms with van der Waals surface area (Å²) >= 11 is 0. The second-order valence-electron chi connectivity index (χ2n) is 6.73. The van der Waals surface area contributed by atoms with Crippen LogP contribution in [0.15, 0.2) is 83.8 Å². The van der Waals surface area contributed by atoms with E-state index in [1.54, 1.807) is 60.7 Å². The first kappa shape index (κ1) is 20.6. The molecule has 0 fully saturated rings. The van der Waals surface area contributed by atoms with Crippen LogP contribution in [0.3, 0.4) is 0 Å². The molecule has 0 aliphatic rings. The van der Waals surface area contributed by atoms with E-state index in [1.807, 2.05) is 32.0 Å². The molecule has 6 heteroatoms. The largest absolute Gasteiger partial charge is 0.460 e. The van der Waals surface area contributed by atoms with Gasteiger partial charge in [-0.15, -0.1) is 0 Å². The maximum absolute atomic E-state index is 13.2. The summed E-state index contributed by atoms with van der Waals surface area (Å²) in [6, 6.07) is 22.5. The van der Waals surface area contributed by atoms with Gasteiger partial charge in [0.1, 0.15) is 6.61 Å². The molecule has 0 amide bonds. The zero-order chi connectivity index (χ0) is 20.9. The first-order valence-corrected chi connectivity index (χ1v) is 10.7. The van der Waals surface area contributed by atoms with Crippen molar-refractivity contribution in [3.05, 3.63) is 95.6 Å². The lowest BCUT2D eigenvalue weighted by Crippen LogP contribution is -2.34. The van der Waals surface area contributed by atoms with Crippen LogP contribution in [0.1, 0.15) is 21.5 Å². The molecular formula is C23H23NO4S. The summed E-state index contributed by atoms with van der Waals surface area (Å²) in [5, 5.41) is 0. The number of benzene rings is 3. The predicted molar refractivity (Wildman–Crippen MR) is 114 cm³/mol. The Labute approximate surface area is 171 Å². The Hall–Kier alpha value is -3.12. The predicted octanol–water partition coefficient (Wildman–Crippen LogP) is 4.36. The summed E-state index contributed by atoms with van der Waals surface area (Å²) in [4.78, 5) is 12.4. The van der Waals surface area contributed by atoms with Crippen LogP contribution < -0.4 is 4.31 Å². The molecule has 0 radical (unpaired) electrons. The van der Waals surface area contributed by atoms with Crippen molar-refractivity contribution >= 4 is 21.7 Å². The SMILES string of the molecule is Cc1ccc(C(=O)OCCN(c2ccccc2)S(=O)(=O)c2ccc(C)cc2)cc1. The van der Waals surface area contributed by atoms with Gasteiger partial charge in [0.25, 0.3) is 10.0 Å². The smallest absolute Gasteiger partial charge is 0.338 e. The Kier molecular flexibility index (Phi) is 6.34. The maximum atomic E-state index is 13.2. The highest BCUT2D eigenvalue weighted by atomic mass is 32.2. The number of ether oxygens (including phenoxy) is 1. The average molecular weight is 410 g/mol. The molecule has 0 unspecified atom stereocenters. The number of aryl methyl sites for hydroxylation is 2. The van der Waals surface area contributed by atoms with E-state index in [-0.39, 0.29) is 18.0 Å². The number of rotatable bonds is 7. The molecule has 150 valence electrons. The van der Waals surface area contributed by atoms with Crippen molar-refractivity contribution in [3.63, 3.8) is 0 Å². The summed E-state index contributed by atoms with van der Waals surface area (Å²) in [5.74, 6) is -0.481. The molecule has 0 saturated heterocycles. The number of hydrogen-bond donors (Lipinski definition) is 0. The van der Waals surface area contributed by atoms with Crippen molar-refractivity contribution in [2.24, 2.45) is 0 Å². The maximum Gasteiger partial charge on any atom is 0.338 e. The lowest BCUT2D eigenvalue weighted by atomic mass is 10.1. The van der Waals surface area contributed by atoms with Crippen molar-refractivity contribution in [2.45, 2.75) is 18.7 Å². The quantitative estimate of drug-likeness (QED) is 0.544. The molecule has 0 saturated carbocycles. The molecule has 0 aliphatic heterocycles. The van der Waals surface area contributed by atoms with Crippen LogP contribution >= 0.6 is 0 Å². The highest BCUT2D eigenvalue weighted by Crippen LogP contribution is 2.23. The molecule has 0 bridgehead atoms. The van der Waals surface area contributed by atoms with Crippen LogP contribution in [0.2, 0.25) is 0 Å². The van der Waals surface area contributed by atoms with Gasteiger partial charge in [-0.1, -0.05) is 53.6 Å². The van der Waals surface area contributed by atoms with E-state index in [9.17, 15) is 13.2 Å². The van der Waals surface area contributed by atoms with E-state index in [0.29, 0.717) is 11.3 Å². The molecule has 3 rings (SSSR count). The molecule has 0 spiro atoms. The summed E-state index contributed by atoms with van der Waals surface area (Å²) in [7, 11) is -3.80. The number of nitrogens with zero attached hydrogens (tertiary/aromatic N) is 1. The summed E-state index contributed by atoms with van der Waals surface area (Å²) in [5.41, 5.74) is 2.96. The van der Waals surface area contributed by atoms with Crippen LogP contribution in [0.5, 0.6) is 0 Å². The highest BCUT2D eigenvalue weighted by molar-refractivity contribution is 7.92. The number of anilines is 1. The van der Waals surface area contributed by atoms with Crippen LogP contribution in [0.4, 0.5) is 5.69 Å². The molecule has 5 nitrogen and oxygen atoms in total. The lowest BCUT2D eigenvalue weighted by Gasteiger charge is -2.24. The Morgan fingerprint density at radius 1 is 0.828 bits per heavy atom. The van der Waals surface area contributed by atoms with Crippen LogP contribution in [0, 0.1) is 13.8 Å². The van der Waals surface area contributed by atoms with Gasteiger partial charge in [-0.25, -0.2) is 13.2 Å². The fraction of sp³-hybridized carbons (Fsp3) is 0.174. The van der Waals surface area contributed by atoms with Crippen molar-refractivity contribution in [2.75, 3.05) is 17.5 Å². The van der Waals surface area contributed by atoms with Gasteiger partial charge in [-0.05, 0) is 50.2 Å². The first-order chi connectivity index (χ1) is 13.9. The minimum Gasteiger partial charge on any atom is -0.460 e. The minimum absolute atomic E-state index is 0.0117. The number of sulfonamides is 1. The summed E-state index contributed by atoms with van der Waals surface area (Å²) in [6.45, 7) is 3.78. The van der Waals surface area contributed by atoms with E-state index < -0.39 is 16.0 Å². The normalized spacial score (nSPS) is 11.1. The Bertz CT molecular complexity index is 1060. The van der Waals surface area contributed by atoms with Crippen LogP contribution in [-0.2, 0) is 14.8 Å². The second-order valence-corrected chi connectivity index (χ2v) is 8.59. The van der Waals surface area contributed by atoms with E-state index in [1.165, 1.54) is 4.31 Å². The van der Waals surface area contributed by atoms with E-state index >= 15 is 0 Å². The molecule has 0 atom stereocenters. The van der Waals surface area contributed by atoms with Crippen molar-refractivity contribution < 1.29 is 17.9 Å². The van der Waals surface area contributed by atoms with Crippen LogP contribution in [-0.4, -0.2) is 27.5 Å². The zero-order valence-corrected chi connectivity index (χ0v) is 17.2. The number of carbonyl (C=O) groups is 1. The highest BCUT2D eigenvalue weighted by Gasteiger charge is 2.25. The third kappa shape index (κ3) is 5.03. The lowest BCUT2D eigenvalue weighted by molar-refractivity contribution is 0.0517. The average Bonchev–Trinajstić information content (AvgIpc) is 2.72. The zero-order valence-electron chi connectivity index (χ0n) is 16.4. The van der Waals surface area contributed by atoms with Crippen molar-refractivity contribution in [1.29, 1.82) is 0 Å². The number of para-hydroxylation sites is 1. The summed E-state index contributed by atoms with van der Waals surface area (Å²) in [6.07, 6.45) is 0. The minimum atomic E-state index is -3.80. The molecule has 0 N–H and O–H groups in total. The standard InChI is InChI=1S/C23H23NO4S/c1-18-8-12-20(13-9-18)23(25)28-17-16-24(21-6-4-3-5-7-21)29(26,27)22-14-10-19(2)11-15-22/h3-15H,16-17H2,1-2H3.